The molecule has 0 radical (unpaired) electrons. The molecule has 0 saturated heterocycles. The number of hydrogen-bond donors (Lipinski definition) is 1. The van der Waals surface area contributed by atoms with Crippen LogP contribution in [0.25, 0.3) is 11.4 Å². The second-order valence-corrected chi connectivity index (χ2v) is 3.51. The normalized spacial score (nSPS) is 10.1. The van der Waals surface area contributed by atoms with Crippen LogP contribution in [0.15, 0.2) is 30.5 Å². The molecule has 0 amide bonds. The van der Waals surface area contributed by atoms with E-state index in [9.17, 15) is 0 Å². The molecular formula is C12H13N3O. The van der Waals surface area contributed by atoms with Gasteiger partial charge in [0.1, 0.15) is 0 Å². The van der Waals surface area contributed by atoms with Crippen LogP contribution in [0, 0.1) is 6.92 Å². The van der Waals surface area contributed by atoms with Gasteiger partial charge in [0.05, 0.1) is 13.3 Å². The van der Waals surface area contributed by atoms with Crippen LogP contribution in [0.1, 0.15) is 5.56 Å². The molecule has 0 unspecified atom stereocenters. The molecule has 0 spiro atoms. The second kappa shape index (κ2) is 4.18. The van der Waals surface area contributed by atoms with Crippen molar-refractivity contribution in [2.75, 3.05) is 12.8 Å². The lowest BCUT2D eigenvalue weighted by molar-refractivity contribution is 0.413. The molecule has 2 aromatic rings. The minimum atomic E-state index is 0.355. The molecule has 16 heavy (non-hydrogen) atoms. The lowest BCUT2D eigenvalue weighted by Gasteiger charge is -2.05. The molecule has 0 bridgehead atoms. The van der Waals surface area contributed by atoms with E-state index in [1.165, 1.54) is 5.56 Å². The first-order valence-electron chi connectivity index (χ1n) is 4.94. The van der Waals surface area contributed by atoms with Gasteiger partial charge in [0.2, 0.25) is 0 Å². The van der Waals surface area contributed by atoms with Gasteiger partial charge in [-0.05, 0) is 6.92 Å². The van der Waals surface area contributed by atoms with E-state index < -0.39 is 0 Å². The number of nitrogen functional groups attached to an aromatic ring is 1. The monoisotopic (exact) mass is 215 g/mol. The smallest absolute Gasteiger partial charge is 0.179 e. The fourth-order valence-corrected chi connectivity index (χ4v) is 1.38. The van der Waals surface area contributed by atoms with Gasteiger partial charge in [-0.2, -0.15) is 0 Å². The Hall–Kier alpha value is -2.10. The first-order chi connectivity index (χ1) is 7.70. The van der Waals surface area contributed by atoms with E-state index in [0.29, 0.717) is 17.4 Å². The fraction of sp³-hybridized carbons (Fsp3) is 0.167. The zero-order valence-electron chi connectivity index (χ0n) is 9.27. The number of aromatic nitrogens is 2. The van der Waals surface area contributed by atoms with E-state index in [-0.39, 0.29) is 0 Å². The van der Waals surface area contributed by atoms with Gasteiger partial charge < -0.3 is 10.5 Å². The maximum absolute atomic E-state index is 5.72. The topological polar surface area (TPSA) is 61.0 Å². The number of nitrogens with zero attached hydrogens (tertiary/aromatic N) is 2. The Balaban J connectivity index is 2.41. The van der Waals surface area contributed by atoms with E-state index >= 15 is 0 Å². The van der Waals surface area contributed by atoms with Crippen molar-refractivity contribution in [3.05, 3.63) is 36.0 Å². The molecule has 0 saturated carbocycles. The quantitative estimate of drug-likeness (QED) is 0.832. The highest BCUT2D eigenvalue weighted by atomic mass is 16.5. The molecule has 0 aliphatic rings. The number of benzene rings is 1. The van der Waals surface area contributed by atoms with Gasteiger partial charge in [-0.3, -0.25) is 0 Å². The Morgan fingerprint density at radius 3 is 2.44 bits per heavy atom. The van der Waals surface area contributed by atoms with Gasteiger partial charge in [-0.25, -0.2) is 9.97 Å². The average Bonchev–Trinajstić information content (AvgIpc) is 2.30. The van der Waals surface area contributed by atoms with Gasteiger partial charge in [-0.1, -0.05) is 29.8 Å². The van der Waals surface area contributed by atoms with Crippen LogP contribution in [0.3, 0.4) is 0 Å². The highest BCUT2D eigenvalue weighted by Crippen LogP contribution is 2.21. The SMILES string of the molecule is COc1cnc(-c2ccc(C)cc2)nc1N. The fourth-order valence-electron chi connectivity index (χ4n) is 1.38. The van der Waals surface area contributed by atoms with Gasteiger partial charge >= 0.3 is 0 Å². The Morgan fingerprint density at radius 1 is 1.19 bits per heavy atom. The summed E-state index contributed by atoms with van der Waals surface area (Å²) >= 11 is 0. The van der Waals surface area contributed by atoms with Crippen molar-refractivity contribution < 1.29 is 4.74 Å². The molecule has 0 atom stereocenters. The predicted molar refractivity (Wildman–Crippen MR) is 63.2 cm³/mol. The van der Waals surface area contributed by atoms with Crippen molar-refractivity contribution >= 4 is 5.82 Å². The van der Waals surface area contributed by atoms with Crippen molar-refractivity contribution in [2.45, 2.75) is 6.92 Å². The third-order valence-corrected chi connectivity index (χ3v) is 2.31. The molecule has 1 aromatic carbocycles. The van der Waals surface area contributed by atoms with E-state index in [4.69, 9.17) is 10.5 Å². The van der Waals surface area contributed by atoms with Crippen molar-refractivity contribution in [1.82, 2.24) is 9.97 Å². The molecule has 1 aromatic heterocycles. The summed E-state index contributed by atoms with van der Waals surface area (Å²) in [5, 5.41) is 0. The van der Waals surface area contributed by atoms with Gasteiger partial charge in [-0.15, -0.1) is 0 Å². The molecule has 4 nitrogen and oxygen atoms in total. The Bertz CT molecular complexity index is 494. The summed E-state index contributed by atoms with van der Waals surface area (Å²) in [6.07, 6.45) is 1.58. The molecule has 0 aliphatic heterocycles. The molecule has 1 heterocycles. The van der Waals surface area contributed by atoms with E-state index in [1.54, 1.807) is 13.3 Å². The van der Waals surface area contributed by atoms with Gasteiger partial charge in [0.15, 0.2) is 17.4 Å². The van der Waals surface area contributed by atoms with Crippen molar-refractivity contribution in [2.24, 2.45) is 0 Å². The van der Waals surface area contributed by atoms with Crippen LogP contribution < -0.4 is 10.5 Å². The number of aryl methyl sites for hydroxylation is 1. The van der Waals surface area contributed by atoms with Crippen molar-refractivity contribution in [3.8, 4) is 17.1 Å². The lowest BCUT2D eigenvalue weighted by Crippen LogP contribution is -1.99. The summed E-state index contributed by atoms with van der Waals surface area (Å²) in [6, 6.07) is 7.96. The summed E-state index contributed by atoms with van der Waals surface area (Å²) in [4.78, 5) is 8.38. The summed E-state index contributed by atoms with van der Waals surface area (Å²) in [5.41, 5.74) is 7.87. The molecular weight excluding hydrogens is 202 g/mol. The second-order valence-electron chi connectivity index (χ2n) is 3.51. The Kier molecular flexibility index (Phi) is 2.72. The predicted octanol–water partition coefficient (Wildman–Crippen LogP) is 2.04. The van der Waals surface area contributed by atoms with Crippen LogP contribution in [0.5, 0.6) is 5.75 Å². The van der Waals surface area contributed by atoms with Crippen LogP contribution in [-0.2, 0) is 0 Å². The molecule has 0 aliphatic carbocycles. The third kappa shape index (κ3) is 1.95. The first kappa shape index (κ1) is 10.4. The third-order valence-electron chi connectivity index (χ3n) is 2.31. The van der Waals surface area contributed by atoms with Crippen LogP contribution >= 0.6 is 0 Å². The standard InChI is InChI=1S/C12H13N3O/c1-8-3-5-9(6-4-8)12-14-7-10(16-2)11(13)15-12/h3-7H,1-2H3,(H2,13,14,15). The lowest BCUT2D eigenvalue weighted by atomic mass is 10.1. The van der Waals surface area contributed by atoms with Crippen LogP contribution in [-0.4, -0.2) is 17.1 Å². The highest BCUT2D eigenvalue weighted by molar-refractivity contribution is 5.59. The number of rotatable bonds is 2. The average molecular weight is 215 g/mol. The number of methoxy groups -OCH3 is 1. The summed E-state index contributed by atoms with van der Waals surface area (Å²) in [7, 11) is 1.54. The van der Waals surface area contributed by atoms with Crippen LogP contribution in [0.4, 0.5) is 5.82 Å². The van der Waals surface area contributed by atoms with Gasteiger partial charge in [0.25, 0.3) is 0 Å². The number of anilines is 1. The molecule has 2 N–H and O–H groups in total. The summed E-state index contributed by atoms with van der Waals surface area (Å²) in [6.45, 7) is 2.03. The maximum Gasteiger partial charge on any atom is 0.179 e. The molecule has 2 rings (SSSR count). The Labute approximate surface area is 94.1 Å². The van der Waals surface area contributed by atoms with E-state index in [0.717, 1.165) is 5.56 Å². The van der Waals surface area contributed by atoms with Crippen molar-refractivity contribution in [3.63, 3.8) is 0 Å². The zero-order chi connectivity index (χ0) is 11.5. The van der Waals surface area contributed by atoms with E-state index in [2.05, 4.69) is 9.97 Å². The van der Waals surface area contributed by atoms with E-state index in [1.807, 2.05) is 31.2 Å². The molecule has 82 valence electrons. The minimum absolute atomic E-state index is 0.355. The van der Waals surface area contributed by atoms with Crippen molar-refractivity contribution in [1.29, 1.82) is 0 Å². The summed E-state index contributed by atoms with van der Waals surface area (Å²) in [5.74, 6) is 1.46. The minimum Gasteiger partial charge on any atom is -0.491 e. The number of nitrogens with two attached hydrogens (primary N) is 1. The maximum atomic E-state index is 5.72. The van der Waals surface area contributed by atoms with Crippen LogP contribution in [0.2, 0.25) is 0 Å². The number of ether oxygens (including phenoxy) is 1. The summed E-state index contributed by atoms with van der Waals surface area (Å²) < 4.78 is 5.00. The molecule has 0 fully saturated rings. The first-order valence-corrected chi connectivity index (χ1v) is 4.94. The highest BCUT2D eigenvalue weighted by Gasteiger charge is 2.05. The number of hydrogen-bond acceptors (Lipinski definition) is 4. The zero-order valence-corrected chi connectivity index (χ0v) is 9.27. The Morgan fingerprint density at radius 2 is 1.88 bits per heavy atom. The largest absolute Gasteiger partial charge is 0.491 e. The van der Waals surface area contributed by atoms with Gasteiger partial charge in [0, 0.05) is 5.56 Å². The molecule has 4 heteroatoms.